The molecule has 0 fully saturated rings. The molecule has 21 heavy (non-hydrogen) atoms. The van der Waals surface area contributed by atoms with E-state index in [4.69, 9.17) is 39.5 Å². The van der Waals surface area contributed by atoms with Gasteiger partial charge in [-0.1, -0.05) is 53.9 Å². The Morgan fingerprint density at radius 3 is 2.57 bits per heavy atom. The number of para-hydroxylation sites is 2. The molecule has 0 spiro atoms. The maximum absolute atomic E-state index is 11.6. The monoisotopic (exact) mass is 354 g/mol. The van der Waals surface area contributed by atoms with E-state index in [1.807, 2.05) is 6.92 Å². The minimum absolute atomic E-state index is 0.101. The second-order valence-electron chi connectivity index (χ2n) is 4.08. The summed E-state index contributed by atoms with van der Waals surface area (Å²) in [6, 6.07) is 5.61. The van der Waals surface area contributed by atoms with Crippen LogP contribution in [0.4, 0.5) is 5.69 Å². The molecule has 0 unspecified atom stereocenters. The van der Waals surface area contributed by atoms with Gasteiger partial charge in [-0.2, -0.15) is 0 Å². The summed E-state index contributed by atoms with van der Waals surface area (Å²) in [7, 11) is 0. The minimum atomic E-state index is -1.98. The van der Waals surface area contributed by atoms with E-state index in [9.17, 15) is 14.9 Å². The van der Waals surface area contributed by atoms with Gasteiger partial charge in [-0.3, -0.25) is 14.9 Å². The first-order valence-electron chi connectivity index (χ1n) is 6.02. The van der Waals surface area contributed by atoms with Gasteiger partial charge in [0.25, 0.3) is 0 Å². The average molecular weight is 356 g/mol. The Morgan fingerprint density at radius 2 is 2.05 bits per heavy atom. The van der Waals surface area contributed by atoms with Crippen LogP contribution in [-0.2, 0) is 4.79 Å². The Morgan fingerprint density at radius 1 is 1.43 bits per heavy atom. The van der Waals surface area contributed by atoms with Crippen LogP contribution in [0.25, 0.3) is 0 Å². The molecule has 0 radical (unpaired) electrons. The molecule has 0 aliphatic heterocycles. The van der Waals surface area contributed by atoms with Gasteiger partial charge in [-0.15, -0.1) is 0 Å². The van der Waals surface area contributed by atoms with E-state index < -0.39 is 14.9 Å². The molecule has 0 aliphatic carbocycles. The Balaban J connectivity index is 2.97. The standard InChI is InChI=1S/C12H13Cl3N2O4/c1-2-5-10(18)16-11(12(13,14)15)21-9-7-4-3-6-8(9)17(19)20/h3-4,6-7,11H,2,5H2,1H3,(H,16,18)/t11-/m0/s1. The normalized spacial score (nSPS) is 12.6. The van der Waals surface area contributed by atoms with E-state index in [2.05, 4.69) is 5.32 Å². The lowest BCUT2D eigenvalue weighted by Gasteiger charge is -2.26. The van der Waals surface area contributed by atoms with E-state index in [-0.39, 0.29) is 23.8 Å². The van der Waals surface area contributed by atoms with Crippen molar-refractivity contribution in [3.63, 3.8) is 0 Å². The Labute approximate surface area is 136 Å². The number of nitro benzene ring substituents is 1. The number of rotatable bonds is 6. The van der Waals surface area contributed by atoms with E-state index in [1.165, 1.54) is 24.3 Å². The number of nitrogens with one attached hydrogen (secondary N) is 1. The average Bonchev–Trinajstić information content (AvgIpc) is 2.37. The fraction of sp³-hybridized carbons (Fsp3) is 0.417. The van der Waals surface area contributed by atoms with Gasteiger partial charge in [-0.05, 0) is 12.5 Å². The second-order valence-corrected chi connectivity index (χ2v) is 6.45. The van der Waals surface area contributed by atoms with Gasteiger partial charge in [-0.25, -0.2) is 0 Å². The number of carbonyl (C=O) groups excluding carboxylic acids is 1. The third-order valence-corrected chi connectivity index (χ3v) is 2.97. The van der Waals surface area contributed by atoms with Gasteiger partial charge < -0.3 is 10.1 Å². The summed E-state index contributed by atoms with van der Waals surface area (Å²) in [5.74, 6) is -0.483. The molecule has 0 aromatic heterocycles. The first kappa shape index (κ1) is 17.8. The zero-order valence-corrected chi connectivity index (χ0v) is 13.3. The van der Waals surface area contributed by atoms with Crippen LogP contribution in [-0.4, -0.2) is 20.9 Å². The van der Waals surface area contributed by atoms with E-state index in [0.29, 0.717) is 6.42 Å². The quantitative estimate of drug-likeness (QED) is 0.366. The van der Waals surface area contributed by atoms with Crippen molar-refractivity contribution in [3.05, 3.63) is 34.4 Å². The third-order valence-electron chi connectivity index (χ3n) is 2.37. The maximum Gasteiger partial charge on any atom is 0.311 e. The molecule has 6 nitrogen and oxygen atoms in total. The van der Waals surface area contributed by atoms with Crippen molar-refractivity contribution < 1.29 is 14.5 Å². The number of halogens is 3. The Bertz CT molecular complexity index is 519. The number of amides is 1. The number of carbonyl (C=O) groups is 1. The zero-order valence-electron chi connectivity index (χ0n) is 11.0. The summed E-state index contributed by atoms with van der Waals surface area (Å²) in [5, 5.41) is 13.3. The number of hydrogen-bond acceptors (Lipinski definition) is 4. The molecule has 9 heteroatoms. The summed E-state index contributed by atoms with van der Waals surface area (Å²) < 4.78 is 3.34. The lowest BCUT2D eigenvalue weighted by atomic mass is 10.3. The minimum Gasteiger partial charge on any atom is -0.459 e. The number of nitrogens with zero attached hydrogens (tertiary/aromatic N) is 1. The lowest BCUT2D eigenvalue weighted by molar-refractivity contribution is -0.386. The topological polar surface area (TPSA) is 81.5 Å². The van der Waals surface area contributed by atoms with Gasteiger partial charge in [0.1, 0.15) is 0 Å². The summed E-state index contributed by atoms with van der Waals surface area (Å²) in [4.78, 5) is 21.9. The van der Waals surface area contributed by atoms with Crippen LogP contribution in [0, 0.1) is 10.1 Å². The number of nitro groups is 1. The molecule has 116 valence electrons. The lowest BCUT2D eigenvalue weighted by Crippen LogP contribution is -2.47. The summed E-state index contributed by atoms with van der Waals surface area (Å²) in [5.41, 5.74) is -0.290. The first-order chi connectivity index (χ1) is 9.75. The first-order valence-corrected chi connectivity index (χ1v) is 7.15. The van der Waals surface area contributed by atoms with Gasteiger partial charge in [0, 0.05) is 12.5 Å². The highest BCUT2D eigenvalue weighted by Crippen LogP contribution is 2.34. The van der Waals surface area contributed by atoms with Crippen LogP contribution in [0.15, 0.2) is 24.3 Å². The second kappa shape index (κ2) is 7.68. The molecule has 0 saturated carbocycles. The molecule has 0 aliphatic rings. The SMILES string of the molecule is CCCC(=O)N[C@@H](Oc1ccccc1[N+](=O)[O-])C(Cl)(Cl)Cl. The van der Waals surface area contributed by atoms with Gasteiger partial charge in [0.15, 0.2) is 5.75 Å². The van der Waals surface area contributed by atoms with Crippen molar-refractivity contribution in [1.82, 2.24) is 5.32 Å². The largest absolute Gasteiger partial charge is 0.459 e. The van der Waals surface area contributed by atoms with Crippen molar-refractivity contribution >= 4 is 46.4 Å². The molecular formula is C12H13Cl3N2O4. The molecular weight excluding hydrogens is 343 g/mol. The molecule has 0 heterocycles. The van der Waals surface area contributed by atoms with Crippen LogP contribution >= 0.6 is 34.8 Å². The van der Waals surface area contributed by atoms with E-state index in [1.54, 1.807) is 0 Å². The van der Waals surface area contributed by atoms with E-state index >= 15 is 0 Å². The van der Waals surface area contributed by atoms with Gasteiger partial charge in [0.05, 0.1) is 4.92 Å². The zero-order chi connectivity index (χ0) is 16.0. The van der Waals surface area contributed by atoms with Gasteiger partial charge in [0.2, 0.25) is 15.9 Å². The summed E-state index contributed by atoms with van der Waals surface area (Å²) in [6.45, 7) is 1.81. The van der Waals surface area contributed by atoms with Crippen molar-refractivity contribution in [2.24, 2.45) is 0 Å². The third kappa shape index (κ3) is 5.57. The fourth-order valence-electron chi connectivity index (χ4n) is 1.46. The molecule has 1 aromatic rings. The molecule has 0 bridgehead atoms. The summed E-state index contributed by atoms with van der Waals surface area (Å²) >= 11 is 17.2. The maximum atomic E-state index is 11.6. The predicted molar refractivity (Wildman–Crippen MR) is 80.9 cm³/mol. The van der Waals surface area contributed by atoms with Crippen molar-refractivity contribution in [3.8, 4) is 5.75 Å². The fourth-order valence-corrected chi connectivity index (χ4v) is 1.76. The Kier molecular flexibility index (Phi) is 6.51. The molecule has 1 atom stereocenters. The van der Waals surface area contributed by atoms with Crippen LogP contribution < -0.4 is 10.1 Å². The smallest absolute Gasteiger partial charge is 0.311 e. The highest BCUT2D eigenvalue weighted by atomic mass is 35.6. The number of hydrogen-bond donors (Lipinski definition) is 1. The highest BCUT2D eigenvalue weighted by molar-refractivity contribution is 6.68. The van der Waals surface area contributed by atoms with Crippen LogP contribution in [0.1, 0.15) is 19.8 Å². The van der Waals surface area contributed by atoms with Gasteiger partial charge >= 0.3 is 5.69 Å². The van der Waals surface area contributed by atoms with E-state index in [0.717, 1.165) is 0 Å². The molecule has 1 amide bonds. The molecule has 0 saturated heterocycles. The number of alkyl halides is 3. The van der Waals surface area contributed by atoms with Crippen molar-refractivity contribution in [1.29, 1.82) is 0 Å². The number of benzene rings is 1. The van der Waals surface area contributed by atoms with Crippen molar-refractivity contribution in [2.75, 3.05) is 0 Å². The van der Waals surface area contributed by atoms with Crippen LogP contribution in [0.3, 0.4) is 0 Å². The van der Waals surface area contributed by atoms with Crippen LogP contribution in [0.5, 0.6) is 5.75 Å². The highest BCUT2D eigenvalue weighted by Gasteiger charge is 2.37. The van der Waals surface area contributed by atoms with Crippen LogP contribution in [0.2, 0.25) is 0 Å². The number of ether oxygens (including phenoxy) is 1. The predicted octanol–water partition coefficient (Wildman–Crippen LogP) is 3.59. The van der Waals surface area contributed by atoms with Crippen molar-refractivity contribution in [2.45, 2.75) is 29.8 Å². The molecule has 1 rings (SSSR count). The molecule has 1 aromatic carbocycles. The Hall–Kier alpha value is -1.24. The summed E-state index contributed by atoms with van der Waals surface area (Å²) in [6.07, 6.45) is -0.524. The molecule has 1 N–H and O–H groups in total.